The van der Waals surface area contributed by atoms with Crippen LogP contribution in [0.2, 0.25) is 0 Å². The van der Waals surface area contributed by atoms with Crippen molar-refractivity contribution in [1.82, 2.24) is 19.8 Å². The molecule has 2 heterocycles. The lowest BCUT2D eigenvalue weighted by molar-refractivity contribution is 0.414. The minimum absolute atomic E-state index is 0.623. The zero-order valence-corrected chi connectivity index (χ0v) is 17.8. The van der Waals surface area contributed by atoms with Crippen LogP contribution in [0.4, 0.5) is 5.82 Å². The van der Waals surface area contributed by atoms with Gasteiger partial charge in [-0.25, -0.2) is 4.98 Å². The van der Waals surface area contributed by atoms with Crippen LogP contribution >= 0.6 is 15.9 Å². The summed E-state index contributed by atoms with van der Waals surface area (Å²) in [4.78, 5) is 4.91. The Morgan fingerprint density at radius 1 is 1.00 bits per heavy atom. The van der Waals surface area contributed by atoms with E-state index in [9.17, 15) is 0 Å². The molecule has 148 valence electrons. The van der Waals surface area contributed by atoms with E-state index in [0.29, 0.717) is 12.2 Å². The van der Waals surface area contributed by atoms with Crippen molar-refractivity contribution in [3.63, 3.8) is 0 Å². The van der Waals surface area contributed by atoms with E-state index in [0.717, 1.165) is 43.8 Å². The Hall–Kier alpha value is -3.45. The summed E-state index contributed by atoms with van der Waals surface area (Å²) in [5, 5.41) is 13.3. The van der Waals surface area contributed by atoms with Crippen LogP contribution in [-0.4, -0.2) is 26.9 Å². The number of rotatable bonds is 5. The number of hydrogen-bond acceptors (Lipinski definition) is 5. The van der Waals surface area contributed by atoms with Crippen molar-refractivity contribution in [3.8, 4) is 17.0 Å². The van der Waals surface area contributed by atoms with Gasteiger partial charge in [0.05, 0.1) is 12.6 Å². The average molecular weight is 460 g/mol. The standard InChI is InChI=1S/C23H18BrN5O/c1-30-18-9-4-6-15(12-18)14-25-22-19-10-2-3-11-20(19)29-23(26-22)21(27-28-29)16-7-5-8-17(24)13-16/h2-13H,14H2,1H3,(H,25,26). The molecule has 0 aliphatic carbocycles. The van der Waals surface area contributed by atoms with E-state index in [1.54, 1.807) is 11.6 Å². The molecule has 2 aromatic heterocycles. The van der Waals surface area contributed by atoms with E-state index in [2.05, 4.69) is 37.6 Å². The Kier molecular flexibility index (Phi) is 4.80. The molecule has 3 aromatic carbocycles. The first-order chi connectivity index (χ1) is 14.7. The van der Waals surface area contributed by atoms with Gasteiger partial charge in [0.2, 0.25) is 0 Å². The summed E-state index contributed by atoms with van der Waals surface area (Å²) in [6, 6.07) is 24.0. The molecule has 0 atom stereocenters. The molecule has 0 saturated carbocycles. The number of fused-ring (bicyclic) bond motifs is 3. The minimum Gasteiger partial charge on any atom is -0.497 e. The quantitative estimate of drug-likeness (QED) is 0.384. The van der Waals surface area contributed by atoms with Crippen molar-refractivity contribution in [1.29, 1.82) is 0 Å². The SMILES string of the molecule is COc1cccc(CNc2nc3c(-c4cccc(Br)c4)nnn3c3ccccc23)c1. The molecule has 6 nitrogen and oxygen atoms in total. The summed E-state index contributed by atoms with van der Waals surface area (Å²) in [6.07, 6.45) is 0. The molecule has 7 heteroatoms. The highest BCUT2D eigenvalue weighted by Gasteiger charge is 2.16. The van der Waals surface area contributed by atoms with Gasteiger partial charge in [0, 0.05) is 22.0 Å². The van der Waals surface area contributed by atoms with Gasteiger partial charge in [-0.05, 0) is 42.0 Å². The van der Waals surface area contributed by atoms with Gasteiger partial charge in [0.25, 0.3) is 0 Å². The lowest BCUT2D eigenvalue weighted by Crippen LogP contribution is -2.05. The maximum absolute atomic E-state index is 5.33. The van der Waals surface area contributed by atoms with Crippen LogP contribution in [0.25, 0.3) is 27.8 Å². The van der Waals surface area contributed by atoms with Crippen LogP contribution in [0.3, 0.4) is 0 Å². The van der Waals surface area contributed by atoms with Gasteiger partial charge < -0.3 is 10.1 Å². The largest absolute Gasteiger partial charge is 0.497 e. The molecule has 0 aliphatic heterocycles. The first-order valence-electron chi connectivity index (χ1n) is 9.50. The minimum atomic E-state index is 0.623. The predicted molar refractivity (Wildman–Crippen MR) is 122 cm³/mol. The lowest BCUT2D eigenvalue weighted by atomic mass is 10.1. The number of methoxy groups -OCH3 is 1. The van der Waals surface area contributed by atoms with E-state index < -0.39 is 0 Å². The van der Waals surface area contributed by atoms with E-state index >= 15 is 0 Å². The number of nitrogens with one attached hydrogen (secondary N) is 1. The van der Waals surface area contributed by atoms with Gasteiger partial charge >= 0.3 is 0 Å². The van der Waals surface area contributed by atoms with E-state index in [1.165, 1.54) is 0 Å². The summed E-state index contributed by atoms with van der Waals surface area (Å²) < 4.78 is 8.11. The molecule has 1 N–H and O–H groups in total. The van der Waals surface area contributed by atoms with Crippen molar-refractivity contribution >= 4 is 38.3 Å². The van der Waals surface area contributed by atoms with Crippen LogP contribution in [-0.2, 0) is 6.54 Å². The van der Waals surface area contributed by atoms with Crippen LogP contribution in [0.1, 0.15) is 5.56 Å². The van der Waals surface area contributed by atoms with Crippen molar-refractivity contribution in [2.75, 3.05) is 12.4 Å². The first kappa shape index (κ1) is 18.6. The normalized spacial score (nSPS) is 11.1. The van der Waals surface area contributed by atoms with Crippen LogP contribution in [0, 0.1) is 0 Å². The Morgan fingerprint density at radius 2 is 1.87 bits per heavy atom. The molecule has 5 rings (SSSR count). The smallest absolute Gasteiger partial charge is 0.186 e. The number of halogens is 1. The number of benzene rings is 3. The van der Waals surface area contributed by atoms with Crippen LogP contribution in [0.5, 0.6) is 5.75 Å². The van der Waals surface area contributed by atoms with E-state index in [1.807, 2.05) is 66.7 Å². The summed E-state index contributed by atoms with van der Waals surface area (Å²) in [5.74, 6) is 1.62. The Morgan fingerprint density at radius 3 is 2.73 bits per heavy atom. The molecule has 0 spiro atoms. The summed E-state index contributed by atoms with van der Waals surface area (Å²) in [7, 11) is 1.67. The third-order valence-corrected chi connectivity index (χ3v) is 5.44. The highest BCUT2D eigenvalue weighted by Crippen LogP contribution is 2.29. The summed E-state index contributed by atoms with van der Waals surface area (Å²) in [5.41, 5.74) is 4.47. The maximum Gasteiger partial charge on any atom is 0.186 e. The Labute approximate surface area is 181 Å². The average Bonchev–Trinajstić information content (AvgIpc) is 3.22. The summed E-state index contributed by atoms with van der Waals surface area (Å²) in [6.45, 7) is 0.623. The number of para-hydroxylation sites is 1. The van der Waals surface area contributed by atoms with Crippen LogP contribution < -0.4 is 10.1 Å². The highest BCUT2D eigenvalue weighted by atomic mass is 79.9. The highest BCUT2D eigenvalue weighted by molar-refractivity contribution is 9.10. The number of nitrogens with zero attached hydrogens (tertiary/aromatic N) is 4. The molecular weight excluding hydrogens is 442 g/mol. The van der Waals surface area contributed by atoms with Gasteiger partial charge in [-0.1, -0.05) is 57.5 Å². The molecule has 0 fully saturated rings. The fourth-order valence-electron chi connectivity index (χ4n) is 3.49. The van der Waals surface area contributed by atoms with Crippen molar-refractivity contribution in [3.05, 3.63) is 82.8 Å². The fourth-order valence-corrected chi connectivity index (χ4v) is 3.89. The number of aromatic nitrogens is 4. The maximum atomic E-state index is 5.33. The predicted octanol–water partition coefficient (Wildman–Crippen LogP) is 5.33. The molecule has 0 bridgehead atoms. The van der Waals surface area contributed by atoms with Crippen LogP contribution in [0.15, 0.2) is 77.3 Å². The zero-order chi connectivity index (χ0) is 20.5. The number of anilines is 1. The third-order valence-electron chi connectivity index (χ3n) is 4.94. The van der Waals surface area contributed by atoms with Gasteiger partial charge in [0.15, 0.2) is 5.65 Å². The Balaban J connectivity index is 1.62. The number of ether oxygens (including phenoxy) is 1. The number of hydrogen-bond donors (Lipinski definition) is 1. The molecule has 0 unspecified atom stereocenters. The topological polar surface area (TPSA) is 64.3 Å². The third kappa shape index (κ3) is 3.37. The molecule has 5 aromatic rings. The molecule has 30 heavy (non-hydrogen) atoms. The second-order valence-electron chi connectivity index (χ2n) is 6.87. The van der Waals surface area contributed by atoms with Gasteiger partial charge in [-0.3, -0.25) is 0 Å². The molecule has 0 aliphatic rings. The molecular formula is C23H18BrN5O. The molecule has 0 amide bonds. The van der Waals surface area contributed by atoms with Gasteiger partial charge in [0.1, 0.15) is 17.3 Å². The lowest BCUT2D eigenvalue weighted by Gasteiger charge is -2.11. The van der Waals surface area contributed by atoms with Gasteiger partial charge in [-0.15, -0.1) is 5.10 Å². The summed E-state index contributed by atoms with van der Waals surface area (Å²) >= 11 is 3.53. The second kappa shape index (κ2) is 7.76. The Bertz CT molecular complexity index is 1360. The van der Waals surface area contributed by atoms with E-state index in [4.69, 9.17) is 9.72 Å². The first-order valence-corrected chi connectivity index (χ1v) is 10.3. The van der Waals surface area contributed by atoms with Crippen molar-refractivity contribution < 1.29 is 4.74 Å². The molecule has 0 saturated heterocycles. The van der Waals surface area contributed by atoms with Gasteiger partial charge in [-0.2, -0.15) is 4.52 Å². The molecule has 0 radical (unpaired) electrons. The van der Waals surface area contributed by atoms with E-state index in [-0.39, 0.29) is 0 Å². The second-order valence-corrected chi connectivity index (χ2v) is 7.78. The van der Waals surface area contributed by atoms with Crippen molar-refractivity contribution in [2.45, 2.75) is 6.54 Å². The van der Waals surface area contributed by atoms with Crippen molar-refractivity contribution in [2.24, 2.45) is 0 Å². The monoisotopic (exact) mass is 459 g/mol. The fraction of sp³-hybridized carbons (Fsp3) is 0.0870. The zero-order valence-electron chi connectivity index (χ0n) is 16.2.